The summed E-state index contributed by atoms with van der Waals surface area (Å²) in [6.07, 6.45) is 4.40. The molecule has 1 aliphatic carbocycles. The predicted octanol–water partition coefficient (Wildman–Crippen LogP) is 2.46. The zero-order valence-corrected chi connectivity index (χ0v) is 15.4. The minimum absolute atomic E-state index is 0. The quantitative estimate of drug-likeness (QED) is 0.540. The second kappa shape index (κ2) is 9.75. The number of alkyl halides is 3. The Labute approximate surface area is 152 Å². The molecule has 2 N–H and O–H groups in total. The van der Waals surface area contributed by atoms with Gasteiger partial charge in [0.25, 0.3) is 0 Å². The molecule has 0 atom stereocenters. The summed E-state index contributed by atoms with van der Waals surface area (Å²) in [4.78, 5) is -0.263. The van der Waals surface area contributed by atoms with Gasteiger partial charge in [0.1, 0.15) is 11.4 Å². The Kier molecular flexibility index (Phi) is 8.66. The summed E-state index contributed by atoms with van der Waals surface area (Å²) in [7, 11) is -3.85. The van der Waals surface area contributed by atoms with Gasteiger partial charge in [0.15, 0.2) is 0 Å². The molecule has 0 saturated heterocycles. The van der Waals surface area contributed by atoms with Gasteiger partial charge in [0.2, 0.25) is 10.0 Å². The van der Waals surface area contributed by atoms with E-state index in [9.17, 15) is 21.6 Å². The Balaban J connectivity index is 0.00000312. The Hall–Kier alpha value is -0.840. The van der Waals surface area contributed by atoms with E-state index in [0.717, 1.165) is 25.2 Å². The predicted molar refractivity (Wildman–Crippen MR) is 90.2 cm³/mol. The van der Waals surface area contributed by atoms with Gasteiger partial charge >= 0.3 is 6.18 Å². The number of hydrogen-bond donors (Lipinski definition) is 2. The topological polar surface area (TPSA) is 76.0 Å². The van der Waals surface area contributed by atoms with E-state index in [4.69, 9.17) is 0 Å². The standard InChI is InChI=1S/C14H23F3N4O2S.ClH/c15-14(16,17)11-21-10-13(9-19-21)24(22,23)20-8-7-18-12-5-3-1-2-4-6-12;/h9-10,12,18,20H,1-8,11H2;1H. The van der Waals surface area contributed by atoms with Crippen LogP contribution in [-0.4, -0.2) is 43.5 Å². The number of sulfonamides is 1. The van der Waals surface area contributed by atoms with Crippen LogP contribution in [0.15, 0.2) is 17.3 Å². The third-order valence-corrected chi connectivity index (χ3v) is 5.38. The van der Waals surface area contributed by atoms with Crippen molar-refractivity contribution in [1.82, 2.24) is 19.8 Å². The SMILES string of the molecule is Cl.O=S(=O)(NCCNC1CCCCCC1)c1cnn(CC(F)(F)F)c1. The van der Waals surface area contributed by atoms with E-state index in [2.05, 4.69) is 15.1 Å². The largest absolute Gasteiger partial charge is 0.408 e. The maximum Gasteiger partial charge on any atom is 0.408 e. The highest BCUT2D eigenvalue weighted by atomic mass is 35.5. The van der Waals surface area contributed by atoms with Crippen LogP contribution in [0, 0.1) is 0 Å². The van der Waals surface area contributed by atoms with Crippen LogP contribution in [0.2, 0.25) is 0 Å². The number of nitrogens with one attached hydrogen (secondary N) is 2. The molecule has 0 spiro atoms. The Bertz CT molecular complexity index is 614. The summed E-state index contributed by atoms with van der Waals surface area (Å²) >= 11 is 0. The zero-order chi connectivity index (χ0) is 17.6. The molecule has 0 amide bonds. The van der Waals surface area contributed by atoms with Gasteiger partial charge in [-0.1, -0.05) is 25.7 Å². The lowest BCUT2D eigenvalue weighted by molar-refractivity contribution is -0.142. The molecule has 1 saturated carbocycles. The van der Waals surface area contributed by atoms with E-state index in [0.29, 0.717) is 17.3 Å². The lowest BCUT2D eigenvalue weighted by atomic mass is 10.1. The van der Waals surface area contributed by atoms with Crippen LogP contribution >= 0.6 is 12.4 Å². The molecule has 1 fully saturated rings. The van der Waals surface area contributed by atoms with E-state index >= 15 is 0 Å². The summed E-state index contributed by atoms with van der Waals surface area (Å²) in [6, 6.07) is 0.409. The van der Waals surface area contributed by atoms with Gasteiger partial charge in [-0.05, 0) is 12.8 Å². The summed E-state index contributed by atoms with van der Waals surface area (Å²) in [5.74, 6) is 0. The van der Waals surface area contributed by atoms with E-state index in [1.165, 1.54) is 25.7 Å². The molecule has 0 bridgehead atoms. The van der Waals surface area contributed by atoms with Gasteiger partial charge in [-0.15, -0.1) is 12.4 Å². The molecule has 0 aromatic carbocycles. The lowest BCUT2D eigenvalue weighted by Crippen LogP contribution is -2.36. The zero-order valence-electron chi connectivity index (χ0n) is 13.8. The first-order valence-electron chi connectivity index (χ1n) is 8.08. The number of halogens is 4. The van der Waals surface area contributed by atoms with Gasteiger partial charge < -0.3 is 5.32 Å². The molecule has 2 rings (SSSR count). The van der Waals surface area contributed by atoms with E-state index in [1.54, 1.807) is 0 Å². The average molecular weight is 405 g/mol. The molecule has 1 heterocycles. The minimum atomic E-state index is -4.44. The van der Waals surface area contributed by atoms with Crippen molar-refractivity contribution >= 4 is 22.4 Å². The summed E-state index contributed by atoms with van der Waals surface area (Å²) in [6.45, 7) is -0.643. The molecule has 25 heavy (non-hydrogen) atoms. The molecular formula is C14H24ClF3N4O2S. The fourth-order valence-electron chi connectivity index (χ4n) is 2.78. The fourth-order valence-corrected chi connectivity index (χ4v) is 3.77. The van der Waals surface area contributed by atoms with Crippen molar-refractivity contribution in [3.63, 3.8) is 0 Å². The van der Waals surface area contributed by atoms with E-state index in [1.807, 2.05) is 0 Å². The minimum Gasteiger partial charge on any atom is -0.313 e. The number of rotatable bonds is 7. The molecule has 1 aliphatic rings. The Morgan fingerprint density at radius 3 is 2.40 bits per heavy atom. The van der Waals surface area contributed by atoms with Crippen LogP contribution in [0.25, 0.3) is 0 Å². The van der Waals surface area contributed by atoms with Gasteiger partial charge in [-0.25, -0.2) is 13.1 Å². The van der Waals surface area contributed by atoms with Crippen LogP contribution in [0.1, 0.15) is 38.5 Å². The van der Waals surface area contributed by atoms with Gasteiger partial charge in [0, 0.05) is 25.3 Å². The lowest BCUT2D eigenvalue weighted by Gasteiger charge is -2.16. The van der Waals surface area contributed by atoms with E-state index < -0.39 is 22.7 Å². The maximum absolute atomic E-state index is 12.3. The first-order chi connectivity index (χ1) is 11.3. The second-order valence-corrected chi connectivity index (χ2v) is 7.80. The smallest absolute Gasteiger partial charge is 0.313 e. The molecular weight excluding hydrogens is 381 g/mol. The molecule has 146 valence electrons. The van der Waals surface area contributed by atoms with Crippen molar-refractivity contribution in [2.24, 2.45) is 0 Å². The average Bonchev–Trinajstić information content (AvgIpc) is 2.78. The summed E-state index contributed by atoms with van der Waals surface area (Å²) in [5, 5.41) is 6.77. The number of hydrogen-bond acceptors (Lipinski definition) is 4. The van der Waals surface area contributed by atoms with Crippen molar-refractivity contribution in [3.05, 3.63) is 12.4 Å². The van der Waals surface area contributed by atoms with Crippen molar-refractivity contribution in [2.75, 3.05) is 13.1 Å². The van der Waals surface area contributed by atoms with Crippen molar-refractivity contribution < 1.29 is 21.6 Å². The van der Waals surface area contributed by atoms with Crippen LogP contribution in [0.4, 0.5) is 13.2 Å². The molecule has 1 aromatic heterocycles. The van der Waals surface area contributed by atoms with Gasteiger partial charge in [-0.2, -0.15) is 18.3 Å². The van der Waals surface area contributed by atoms with Crippen molar-refractivity contribution in [3.8, 4) is 0 Å². The third-order valence-electron chi connectivity index (χ3n) is 3.97. The first kappa shape index (κ1) is 22.2. The summed E-state index contributed by atoms with van der Waals surface area (Å²) < 4.78 is 63.8. The highest BCUT2D eigenvalue weighted by Gasteiger charge is 2.29. The van der Waals surface area contributed by atoms with Crippen LogP contribution in [0.5, 0.6) is 0 Å². The molecule has 0 aliphatic heterocycles. The third kappa shape index (κ3) is 7.93. The molecule has 1 aromatic rings. The maximum atomic E-state index is 12.3. The van der Waals surface area contributed by atoms with E-state index in [-0.39, 0.29) is 23.8 Å². The Morgan fingerprint density at radius 1 is 1.16 bits per heavy atom. The summed E-state index contributed by atoms with van der Waals surface area (Å²) in [5.41, 5.74) is 0. The van der Waals surface area contributed by atoms with Crippen molar-refractivity contribution in [2.45, 2.75) is 62.2 Å². The molecule has 0 unspecified atom stereocenters. The normalized spacial score (nSPS) is 17.1. The highest BCUT2D eigenvalue weighted by Crippen LogP contribution is 2.18. The van der Waals surface area contributed by atoms with Crippen LogP contribution in [-0.2, 0) is 16.6 Å². The second-order valence-electron chi connectivity index (χ2n) is 6.03. The van der Waals surface area contributed by atoms with Crippen LogP contribution in [0.3, 0.4) is 0 Å². The van der Waals surface area contributed by atoms with Crippen LogP contribution < -0.4 is 10.0 Å². The number of nitrogens with zero attached hydrogens (tertiary/aromatic N) is 2. The fraction of sp³-hybridized carbons (Fsp3) is 0.786. The highest BCUT2D eigenvalue weighted by molar-refractivity contribution is 7.89. The molecule has 0 radical (unpaired) electrons. The molecule has 6 nitrogen and oxygen atoms in total. The Morgan fingerprint density at radius 2 is 1.80 bits per heavy atom. The monoisotopic (exact) mass is 404 g/mol. The molecule has 11 heteroatoms. The van der Waals surface area contributed by atoms with Gasteiger partial charge in [0.05, 0.1) is 6.20 Å². The van der Waals surface area contributed by atoms with Crippen molar-refractivity contribution in [1.29, 1.82) is 0 Å². The number of aromatic nitrogens is 2. The first-order valence-corrected chi connectivity index (χ1v) is 9.57. The van der Waals surface area contributed by atoms with Gasteiger partial charge in [-0.3, -0.25) is 4.68 Å².